The minimum atomic E-state index is -1.14. The van der Waals surface area contributed by atoms with Crippen LogP contribution in [0.15, 0.2) is 48.5 Å². The van der Waals surface area contributed by atoms with Crippen LogP contribution in [0.4, 0.5) is 0 Å². The summed E-state index contributed by atoms with van der Waals surface area (Å²) < 4.78 is 0. The van der Waals surface area contributed by atoms with Crippen molar-refractivity contribution in [2.24, 2.45) is 0 Å². The highest BCUT2D eigenvalue weighted by Gasteiger charge is 2.03. The second-order valence-corrected chi connectivity index (χ2v) is 4.18. The molecule has 0 atom stereocenters. The average molecular weight is 246 g/mol. The fraction of sp³-hybridized carbons (Fsp3) is 0.0714. The molecule has 0 aliphatic carbocycles. The maximum absolute atomic E-state index is 10.9. The van der Waals surface area contributed by atoms with E-state index in [0.29, 0.717) is 11.4 Å². The summed E-state index contributed by atoms with van der Waals surface area (Å²) in [6.07, 6.45) is 0.557. The average Bonchev–Trinajstić information content (AvgIpc) is 2.32. The Balaban J connectivity index is 2.30. The van der Waals surface area contributed by atoms with Crippen molar-refractivity contribution >= 4 is 17.6 Å². The lowest BCUT2D eigenvalue weighted by atomic mass is 10.00. The number of benzene rings is 2. The molecule has 0 spiro atoms. The minimum Gasteiger partial charge on any atom is -0.545 e. The van der Waals surface area contributed by atoms with Gasteiger partial charge in [-0.1, -0.05) is 48.0 Å². The minimum absolute atomic E-state index is 0.238. The molecule has 86 valence electrons. The quantitative estimate of drug-likeness (QED) is 0.833. The van der Waals surface area contributed by atoms with Gasteiger partial charge in [-0.2, -0.15) is 0 Å². The van der Waals surface area contributed by atoms with E-state index < -0.39 is 5.97 Å². The Hall–Kier alpha value is -1.80. The summed E-state index contributed by atoms with van der Waals surface area (Å²) in [6, 6.07) is 14.2. The fourth-order valence-electron chi connectivity index (χ4n) is 1.70. The van der Waals surface area contributed by atoms with Crippen molar-refractivity contribution in [1.29, 1.82) is 0 Å². The Morgan fingerprint density at radius 2 is 1.71 bits per heavy atom. The number of carboxylic acid groups (broad SMARTS) is 1. The second-order valence-electron chi connectivity index (χ2n) is 3.75. The van der Waals surface area contributed by atoms with Crippen LogP contribution >= 0.6 is 11.6 Å². The Morgan fingerprint density at radius 3 is 2.35 bits per heavy atom. The number of aromatic carboxylic acids is 1. The standard InChI is InChI=1S/C14H11ClO2/c15-12-7-5-10(6-8-12)9-11-3-1-2-4-13(11)14(16)17/h1-8H,9H2,(H,16,17)/p-1. The lowest BCUT2D eigenvalue weighted by Crippen LogP contribution is -2.23. The van der Waals surface area contributed by atoms with Crippen molar-refractivity contribution in [3.8, 4) is 0 Å². The summed E-state index contributed by atoms with van der Waals surface area (Å²) in [5.41, 5.74) is 2.00. The van der Waals surface area contributed by atoms with Crippen LogP contribution in [0.1, 0.15) is 21.5 Å². The van der Waals surface area contributed by atoms with E-state index in [1.165, 1.54) is 0 Å². The molecular formula is C14H10ClO2-. The van der Waals surface area contributed by atoms with Gasteiger partial charge in [-0.05, 0) is 29.7 Å². The van der Waals surface area contributed by atoms with E-state index in [1.54, 1.807) is 30.3 Å². The normalized spacial score (nSPS) is 10.2. The van der Waals surface area contributed by atoms with Gasteiger partial charge in [-0.3, -0.25) is 0 Å². The number of carbonyl (C=O) groups excluding carboxylic acids is 1. The summed E-state index contributed by atoms with van der Waals surface area (Å²) in [6.45, 7) is 0. The molecule has 0 radical (unpaired) electrons. The number of rotatable bonds is 3. The van der Waals surface area contributed by atoms with Gasteiger partial charge in [0.05, 0.1) is 5.97 Å². The molecule has 2 nitrogen and oxygen atoms in total. The zero-order chi connectivity index (χ0) is 12.3. The van der Waals surface area contributed by atoms with E-state index in [0.717, 1.165) is 11.1 Å². The highest BCUT2D eigenvalue weighted by Crippen LogP contribution is 2.16. The summed E-state index contributed by atoms with van der Waals surface area (Å²) >= 11 is 5.79. The Morgan fingerprint density at radius 1 is 1.06 bits per heavy atom. The zero-order valence-corrected chi connectivity index (χ0v) is 9.78. The molecule has 0 saturated carbocycles. The van der Waals surface area contributed by atoms with Gasteiger partial charge < -0.3 is 9.90 Å². The number of hydrogen-bond donors (Lipinski definition) is 0. The first-order valence-electron chi connectivity index (χ1n) is 5.20. The third-order valence-electron chi connectivity index (χ3n) is 2.55. The Bertz CT molecular complexity index is 532. The van der Waals surface area contributed by atoms with E-state index in [2.05, 4.69) is 0 Å². The highest BCUT2D eigenvalue weighted by molar-refractivity contribution is 6.30. The molecule has 0 aliphatic heterocycles. The van der Waals surface area contributed by atoms with Crippen molar-refractivity contribution in [2.45, 2.75) is 6.42 Å². The SMILES string of the molecule is O=C([O-])c1ccccc1Cc1ccc(Cl)cc1. The Labute approximate surface area is 104 Å². The van der Waals surface area contributed by atoms with Gasteiger partial charge >= 0.3 is 0 Å². The summed E-state index contributed by atoms with van der Waals surface area (Å²) in [4.78, 5) is 10.9. The van der Waals surface area contributed by atoms with Crippen molar-refractivity contribution < 1.29 is 9.90 Å². The van der Waals surface area contributed by atoms with Crippen LogP contribution in [0.5, 0.6) is 0 Å². The molecule has 0 N–H and O–H groups in total. The molecular weight excluding hydrogens is 236 g/mol. The smallest absolute Gasteiger partial charge is 0.0718 e. The molecule has 0 bridgehead atoms. The lowest BCUT2D eigenvalue weighted by Gasteiger charge is -2.10. The van der Waals surface area contributed by atoms with Gasteiger partial charge in [0.15, 0.2) is 0 Å². The topological polar surface area (TPSA) is 40.1 Å². The number of hydrogen-bond acceptors (Lipinski definition) is 2. The first kappa shape index (κ1) is 11.7. The van der Waals surface area contributed by atoms with Gasteiger partial charge in [0.1, 0.15) is 0 Å². The monoisotopic (exact) mass is 245 g/mol. The number of carboxylic acids is 1. The predicted molar refractivity (Wildman–Crippen MR) is 65.0 cm³/mol. The number of carbonyl (C=O) groups is 1. The van der Waals surface area contributed by atoms with Crippen LogP contribution in [0.3, 0.4) is 0 Å². The molecule has 0 fully saturated rings. The van der Waals surface area contributed by atoms with Crippen molar-refractivity contribution in [1.82, 2.24) is 0 Å². The van der Waals surface area contributed by atoms with Crippen molar-refractivity contribution in [3.63, 3.8) is 0 Å². The maximum Gasteiger partial charge on any atom is 0.0718 e. The summed E-state index contributed by atoms with van der Waals surface area (Å²) in [5.74, 6) is -1.14. The van der Waals surface area contributed by atoms with Crippen molar-refractivity contribution in [2.75, 3.05) is 0 Å². The van der Waals surface area contributed by atoms with Crippen LogP contribution in [0.2, 0.25) is 5.02 Å². The molecule has 3 heteroatoms. The largest absolute Gasteiger partial charge is 0.545 e. The van der Waals surface area contributed by atoms with Gasteiger partial charge in [0.25, 0.3) is 0 Å². The van der Waals surface area contributed by atoms with Gasteiger partial charge in [-0.15, -0.1) is 0 Å². The highest BCUT2D eigenvalue weighted by atomic mass is 35.5. The molecule has 17 heavy (non-hydrogen) atoms. The molecule has 0 heterocycles. The van der Waals surface area contributed by atoms with Crippen LogP contribution in [-0.2, 0) is 6.42 Å². The molecule has 0 amide bonds. The first-order chi connectivity index (χ1) is 8.16. The van der Waals surface area contributed by atoms with Crippen LogP contribution in [0, 0.1) is 0 Å². The molecule has 2 aromatic rings. The molecule has 2 rings (SSSR count). The third-order valence-corrected chi connectivity index (χ3v) is 2.80. The van der Waals surface area contributed by atoms with Gasteiger partial charge in [-0.25, -0.2) is 0 Å². The van der Waals surface area contributed by atoms with E-state index in [1.807, 2.05) is 18.2 Å². The second kappa shape index (κ2) is 5.02. The zero-order valence-electron chi connectivity index (χ0n) is 9.02. The van der Waals surface area contributed by atoms with Gasteiger partial charge in [0, 0.05) is 10.6 Å². The van der Waals surface area contributed by atoms with Gasteiger partial charge in [0.2, 0.25) is 0 Å². The van der Waals surface area contributed by atoms with E-state index >= 15 is 0 Å². The summed E-state index contributed by atoms with van der Waals surface area (Å²) in [7, 11) is 0. The Kier molecular flexibility index (Phi) is 3.45. The van der Waals surface area contributed by atoms with E-state index in [4.69, 9.17) is 11.6 Å². The predicted octanol–water partition coefficient (Wildman–Crippen LogP) is 2.29. The molecule has 0 unspecified atom stereocenters. The lowest BCUT2D eigenvalue weighted by molar-refractivity contribution is -0.255. The fourth-order valence-corrected chi connectivity index (χ4v) is 1.82. The molecule has 2 aromatic carbocycles. The number of halogens is 1. The molecule has 0 aromatic heterocycles. The third kappa shape index (κ3) is 2.86. The maximum atomic E-state index is 10.9. The molecule has 0 aliphatic rings. The van der Waals surface area contributed by atoms with Crippen LogP contribution in [0.25, 0.3) is 0 Å². The van der Waals surface area contributed by atoms with Crippen LogP contribution in [-0.4, -0.2) is 5.97 Å². The first-order valence-corrected chi connectivity index (χ1v) is 5.58. The van der Waals surface area contributed by atoms with Crippen molar-refractivity contribution in [3.05, 3.63) is 70.2 Å². The van der Waals surface area contributed by atoms with Crippen LogP contribution < -0.4 is 5.11 Å². The van der Waals surface area contributed by atoms with E-state index in [-0.39, 0.29) is 5.56 Å². The van der Waals surface area contributed by atoms with E-state index in [9.17, 15) is 9.90 Å². The summed E-state index contributed by atoms with van der Waals surface area (Å²) in [5, 5.41) is 11.6. The molecule has 0 saturated heterocycles.